The number of carbonyl (C=O) groups excluding carboxylic acids is 1. The minimum atomic E-state index is -3.89. The van der Waals surface area contributed by atoms with E-state index < -0.39 is 33.3 Å². The van der Waals surface area contributed by atoms with E-state index in [4.69, 9.17) is 9.10 Å². The van der Waals surface area contributed by atoms with Gasteiger partial charge in [0.1, 0.15) is 22.2 Å². The molecule has 0 spiro atoms. The van der Waals surface area contributed by atoms with Crippen LogP contribution in [0, 0.1) is 0 Å². The van der Waals surface area contributed by atoms with Gasteiger partial charge in [0.2, 0.25) is 5.88 Å². The third-order valence-electron chi connectivity index (χ3n) is 10.4. The molecule has 50 heavy (non-hydrogen) atoms. The van der Waals surface area contributed by atoms with E-state index in [0.717, 1.165) is 58.2 Å². The fourth-order valence-electron chi connectivity index (χ4n) is 7.76. The molecule has 256 valence electrons. The number of benzene rings is 4. The molecule has 3 aliphatic rings. The second-order valence-corrected chi connectivity index (χ2v) is 15.6. The summed E-state index contributed by atoms with van der Waals surface area (Å²) >= 11 is 0. The third-order valence-corrected chi connectivity index (χ3v) is 12.3. The van der Waals surface area contributed by atoms with Crippen molar-refractivity contribution in [2.75, 3.05) is 5.32 Å². The van der Waals surface area contributed by atoms with E-state index in [1.54, 1.807) is 4.68 Å². The average Bonchev–Trinajstić information content (AvgIpc) is 3.92. The van der Waals surface area contributed by atoms with Crippen LogP contribution in [0.1, 0.15) is 65.6 Å². The Labute approximate surface area is 292 Å². The molecule has 3 atom stereocenters. The molecule has 2 N–H and O–H groups in total. The Bertz CT molecular complexity index is 2100. The van der Waals surface area contributed by atoms with Crippen molar-refractivity contribution >= 4 is 21.6 Å². The molecule has 2 amide bonds. The van der Waals surface area contributed by atoms with Gasteiger partial charge in [-0.3, -0.25) is 0 Å². The molecule has 4 aromatic carbocycles. The number of alkyl halides is 1. The van der Waals surface area contributed by atoms with Crippen molar-refractivity contribution in [3.8, 4) is 5.88 Å². The fraction of sp³-hybridized carbons (Fsp3) is 0.300. The van der Waals surface area contributed by atoms with Gasteiger partial charge in [-0.05, 0) is 71.6 Å². The highest BCUT2D eigenvalue weighted by molar-refractivity contribution is 7.92. The number of fused-ring (bicyclic) bond motifs is 3. The van der Waals surface area contributed by atoms with E-state index >= 15 is 4.21 Å². The highest BCUT2D eigenvalue weighted by atomic mass is 32.2. The highest BCUT2D eigenvalue weighted by Gasteiger charge is 2.43. The second kappa shape index (κ2) is 12.4. The predicted molar refractivity (Wildman–Crippen MR) is 193 cm³/mol. The average molecular weight is 690 g/mol. The maximum Gasteiger partial charge on any atom is 0.331 e. The molecule has 0 bridgehead atoms. The SMILES string of the molecule is CCC1(C)Cn2ncc(S(=O)(=NC(c3ccccc3)(c3ccccc3)c3ccccc3)NC(=O)Nc3c4c(cc5c3C[C@@H](F)C5)CCC4)c2O1. The molecular formula is C40H40FN5O3S. The first-order chi connectivity index (χ1) is 24.2. The van der Waals surface area contributed by atoms with Gasteiger partial charge < -0.3 is 10.1 Å². The molecule has 1 aromatic heterocycles. The third kappa shape index (κ3) is 5.46. The first-order valence-electron chi connectivity index (χ1n) is 17.3. The van der Waals surface area contributed by atoms with Gasteiger partial charge >= 0.3 is 6.03 Å². The quantitative estimate of drug-likeness (QED) is 0.162. The van der Waals surface area contributed by atoms with Crippen LogP contribution >= 0.6 is 0 Å². The summed E-state index contributed by atoms with van der Waals surface area (Å²) in [5, 5.41) is 7.64. The normalized spacial score (nSPS) is 20.3. The fourth-order valence-corrected chi connectivity index (χ4v) is 9.59. The molecule has 5 aromatic rings. The van der Waals surface area contributed by atoms with Gasteiger partial charge in [-0.15, -0.1) is 0 Å². The Morgan fingerprint density at radius 1 is 0.960 bits per heavy atom. The summed E-state index contributed by atoms with van der Waals surface area (Å²) in [6.45, 7) is 4.49. The summed E-state index contributed by atoms with van der Waals surface area (Å²) in [6.07, 6.45) is 4.38. The van der Waals surface area contributed by atoms with Crippen molar-refractivity contribution in [1.29, 1.82) is 0 Å². The Balaban J connectivity index is 1.34. The lowest BCUT2D eigenvalue weighted by Gasteiger charge is -2.33. The van der Waals surface area contributed by atoms with Crippen molar-refractivity contribution in [2.24, 2.45) is 4.36 Å². The Hall–Kier alpha value is -4.96. The molecule has 10 heteroatoms. The van der Waals surface area contributed by atoms with E-state index in [2.05, 4.69) is 21.2 Å². The zero-order valence-electron chi connectivity index (χ0n) is 28.2. The smallest absolute Gasteiger partial charge is 0.331 e. The molecule has 8 rings (SSSR count). The van der Waals surface area contributed by atoms with Crippen molar-refractivity contribution < 1.29 is 18.1 Å². The summed E-state index contributed by atoms with van der Waals surface area (Å²) < 4.78 is 47.2. The molecule has 0 saturated carbocycles. The number of ether oxygens (including phenoxy) is 1. The minimum absolute atomic E-state index is 0.185. The zero-order chi connectivity index (χ0) is 34.5. The summed E-state index contributed by atoms with van der Waals surface area (Å²) in [7, 11) is -3.89. The van der Waals surface area contributed by atoms with Crippen LogP contribution < -0.4 is 14.8 Å². The number of urea groups is 1. The lowest BCUT2D eigenvalue weighted by atomic mass is 9.78. The summed E-state index contributed by atoms with van der Waals surface area (Å²) in [6, 6.07) is 30.5. The van der Waals surface area contributed by atoms with Gasteiger partial charge in [0.05, 0.1) is 12.7 Å². The van der Waals surface area contributed by atoms with Gasteiger partial charge in [-0.1, -0.05) is 104 Å². The summed E-state index contributed by atoms with van der Waals surface area (Å²) in [5.41, 5.74) is 4.94. The molecule has 2 aliphatic carbocycles. The molecule has 1 aliphatic heterocycles. The highest BCUT2D eigenvalue weighted by Crippen LogP contribution is 2.45. The van der Waals surface area contributed by atoms with Crippen LogP contribution in [0.2, 0.25) is 0 Å². The predicted octanol–water partition coefficient (Wildman–Crippen LogP) is 7.93. The number of halogens is 1. The monoisotopic (exact) mass is 689 g/mol. The summed E-state index contributed by atoms with van der Waals surface area (Å²) in [5.74, 6) is 0.313. The standard InChI is InChI=1S/C40H40FN5O3S/c1-3-39(2)26-46-37(49-39)35(25-42-46)50(48,44-38(47)43-36-33-21-13-14-27(33)22-28-23-32(41)24-34(28)36)45-40(29-15-7-4-8-16-29,30-17-9-5-10-18-30)31-19-11-6-12-20-31/h4-12,15-20,22,25,32H,3,13-14,21,23-24,26H2,1-2H3,(H2,43,44,45,47,48)/t32-,39?,50?/m0/s1. The van der Waals surface area contributed by atoms with E-state index in [9.17, 15) is 9.18 Å². The van der Waals surface area contributed by atoms with Gasteiger partial charge in [-0.25, -0.2) is 22.8 Å². The van der Waals surface area contributed by atoms with Gasteiger partial charge in [0.25, 0.3) is 0 Å². The maximum atomic E-state index is 16.0. The number of aromatic nitrogens is 2. The molecule has 0 saturated heterocycles. The molecular weight excluding hydrogens is 650 g/mol. The number of nitrogens with zero attached hydrogens (tertiary/aromatic N) is 3. The van der Waals surface area contributed by atoms with Crippen LogP contribution in [0.4, 0.5) is 14.9 Å². The second-order valence-electron chi connectivity index (χ2n) is 13.7. The molecule has 2 unspecified atom stereocenters. The molecule has 0 radical (unpaired) electrons. The zero-order valence-corrected chi connectivity index (χ0v) is 29.0. The number of anilines is 1. The van der Waals surface area contributed by atoms with Crippen LogP contribution in [0.15, 0.2) is 113 Å². The van der Waals surface area contributed by atoms with Crippen LogP contribution in [0.25, 0.3) is 0 Å². The van der Waals surface area contributed by atoms with Crippen molar-refractivity contribution in [2.45, 2.75) is 81.1 Å². The Kier molecular flexibility index (Phi) is 8.01. The number of carbonyl (C=O) groups is 1. The minimum Gasteiger partial charge on any atom is -0.469 e. The van der Waals surface area contributed by atoms with Crippen LogP contribution in [0.5, 0.6) is 5.88 Å². The Morgan fingerprint density at radius 3 is 2.18 bits per heavy atom. The largest absolute Gasteiger partial charge is 0.469 e. The van der Waals surface area contributed by atoms with Crippen LogP contribution in [-0.4, -0.2) is 31.8 Å². The first kappa shape index (κ1) is 32.3. The van der Waals surface area contributed by atoms with Gasteiger partial charge in [-0.2, -0.15) is 9.46 Å². The van der Waals surface area contributed by atoms with E-state index in [1.807, 2.05) is 105 Å². The van der Waals surface area contributed by atoms with E-state index in [1.165, 1.54) is 6.20 Å². The number of nitrogens with one attached hydrogen (secondary N) is 2. The molecule has 2 heterocycles. The van der Waals surface area contributed by atoms with Crippen molar-refractivity contribution in [3.63, 3.8) is 0 Å². The Morgan fingerprint density at radius 2 is 1.58 bits per heavy atom. The number of hydrogen-bond acceptors (Lipinski definition) is 5. The van der Waals surface area contributed by atoms with Gasteiger partial charge in [0, 0.05) is 18.5 Å². The number of rotatable bonds is 8. The van der Waals surface area contributed by atoms with Crippen molar-refractivity contribution in [1.82, 2.24) is 14.5 Å². The van der Waals surface area contributed by atoms with Gasteiger partial charge in [0.15, 0.2) is 9.92 Å². The molecule has 0 fully saturated rings. The maximum absolute atomic E-state index is 16.0. The van der Waals surface area contributed by atoms with E-state index in [-0.39, 0.29) is 11.3 Å². The summed E-state index contributed by atoms with van der Waals surface area (Å²) in [4.78, 5) is 14.5. The number of amides is 2. The lowest BCUT2D eigenvalue weighted by molar-refractivity contribution is 0.105. The van der Waals surface area contributed by atoms with E-state index in [0.29, 0.717) is 31.0 Å². The van der Waals surface area contributed by atoms with Crippen molar-refractivity contribution in [3.05, 3.63) is 142 Å². The number of hydrogen-bond donors (Lipinski definition) is 2. The molecule has 8 nitrogen and oxygen atoms in total. The van der Waals surface area contributed by atoms with Crippen LogP contribution in [0.3, 0.4) is 0 Å². The lowest BCUT2D eigenvalue weighted by Crippen LogP contribution is -2.38. The van der Waals surface area contributed by atoms with Crippen LogP contribution in [-0.2, 0) is 47.7 Å². The first-order valence-corrected chi connectivity index (χ1v) is 18.8. The number of aryl methyl sites for hydroxylation is 1. The topological polar surface area (TPSA) is 97.6 Å².